The molecule has 0 aromatic carbocycles. The monoisotopic (exact) mass is 122 g/mol. The molecule has 0 rings (SSSR count). The smallest absolute Gasteiger partial charge is 0.187 e. The predicted molar refractivity (Wildman–Crippen MR) is 27.0 cm³/mol. The Balaban J connectivity index is 3.68. The summed E-state index contributed by atoms with van der Waals surface area (Å²) in [6.07, 6.45) is 0.710. The van der Waals surface area contributed by atoms with Crippen molar-refractivity contribution in [2.45, 2.75) is 0 Å². The molecule has 0 amide bonds. The molecule has 0 heterocycles. The fraction of sp³-hybridized carbons (Fsp3) is 0. The highest BCUT2D eigenvalue weighted by Gasteiger charge is 1.83. The van der Waals surface area contributed by atoms with Gasteiger partial charge in [-0.2, -0.15) is 4.39 Å². The third kappa shape index (κ3) is 5.43. The summed E-state index contributed by atoms with van der Waals surface area (Å²) in [5.41, 5.74) is 4.46. The van der Waals surface area contributed by atoms with Crippen LogP contribution < -0.4 is 5.73 Å². The van der Waals surface area contributed by atoms with Crippen molar-refractivity contribution in [3.63, 3.8) is 0 Å². The molecule has 0 saturated carbocycles. The lowest BCUT2D eigenvalue weighted by atomic mass is 10.6. The fourth-order valence-electron chi connectivity index (χ4n) is 0.121. The molecule has 7 heavy (non-hydrogen) atoms. The van der Waals surface area contributed by atoms with E-state index in [1.165, 1.54) is 0 Å². The van der Waals surface area contributed by atoms with E-state index in [2.05, 4.69) is 5.73 Å². The lowest BCUT2D eigenvalue weighted by Gasteiger charge is -1.78. The average molecular weight is 123 g/mol. The second kappa shape index (κ2) is 2.58. The first kappa shape index (κ1) is 6.43. The minimum atomic E-state index is -0.944. The van der Waals surface area contributed by atoms with Crippen LogP contribution in [0.15, 0.2) is 12.0 Å². The van der Waals surface area contributed by atoms with Gasteiger partial charge in [-0.3, -0.25) is 5.41 Å². The summed E-state index contributed by atoms with van der Waals surface area (Å²) in [5.74, 6) is -0.944. The van der Waals surface area contributed by atoms with Gasteiger partial charge in [0.05, 0.1) is 0 Å². The zero-order valence-corrected chi connectivity index (χ0v) is 4.17. The van der Waals surface area contributed by atoms with Crippen molar-refractivity contribution in [3.05, 3.63) is 12.0 Å². The normalized spacial score (nSPS) is 11.4. The van der Waals surface area contributed by atoms with E-state index in [9.17, 15) is 4.39 Å². The minimum Gasteiger partial charge on any atom is -0.375 e. The van der Waals surface area contributed by atoms with Crippen molar-refractivity contribution in [1.82, 2.24) is 0 Å². The van der Waals surface area contributed by atoms with Crippen molar-refractivity contribution in [2.75, 3.05) is 0 Å². The van der Waals surface area contributed by atoms with Crippen molar-refractivity contribution in [2.24, 2.45) is 5.73 Å². The maximum Gasteiger partial charge on any atom is 0.187 e. The maximum absolute atomic E-state index is 11.4. The Morgan fingerprint density at radius 2 is 2.29 bits per heavy atom. The SMILES string of the molecule is N=C(Cl)C=C(N)F. The van der Waals surface area contributed by atoms with Gasteiger partial charge in [0.25, 0.3) is 0 Å². The molecule has 0 aliphatic heterocycles. The van der Waals surface area contributed by atoms with Crippen molar-refractivity contribution >= 4 is 16.8 Å². The first-order valence-electron chi connectivity index (χ1n) is 1.49. The Kier molecular flexibility index (Phi) is 2.37. The Morgan fingerprint density at radius 1 is 1.86 bits per heavy atom. The summed E-state index contributed by atoms with van der Waals surface area (Å²) in [6.45, 7) is 0. The number of hydrogen-bond donors (Lipinski definition) is 2. The van der Waals surface area contributed by atoms with Crippen LogP contribution in [0.3, 0.4) is 0 Å². The van der Waals surface area contributed by atoms with Crippen molar-refractivity contribution < 1.29 is 4.39 Å². The predicted octanol–water partition coefficient (Wildman–Crippen LogP) is 0.972. The van der Waals surface area contributed by atoms with Gasteiger partial charge in [0, 0.05) is 6.08 Å². The van der Waals surface area contributed by atoms with Gasteiger partial charge in [0.15, 0.2) is 5.95 Å². The summed E-state index contributed by atoms with van der Waals surface area (Å²) in [7, 11) is 0. The van der Waals surface area contributed by atoms with Gasteiger partial charge in [-0.1, -0.05) is 11.6 Å². The second-order valence-corrected chi connectivity index (χ2v) is 1.28. The average Bonchev–Trinajstić information content (AvgIpc) is 1.27. The number of allylic oxidation sites excluding steroid dienone is 1. The van der Waals surface area contributed by atoms with Crippen LogP contribution in [-0.4, -0.2) is 5.17 Å². The zero-order chi connectivity index (χ0) is 5.86. The van der Waals surface area contributed by atoms with E-state index >= 15 is 0 Å². The van der Waals surface area contributed by atoms with E-state index in [0.717, 1.165) is 0 Å². The van der Waals surface area contributed by atoms with Gasteiger partial charge in [-0.25, -0.2) is 0 Å². The van der Waals surface area contributed by atoms with Gasteiger partial charge in [-0.05, 0) is 0 Å². The van der Waals surface area contributed by atoms with Crippen molar-refractivity contribution in [3.8, 4) is 0 Å². The Bertz CT molecular complexity index is 106. The molecule has 0 bridgehead atoms. The van der Waals surface area contributed by atoms with E-state index in [0.29, 0.717) is 6.08 Å². The molecule has 0 aromatic heterocycles. The van der Waals surface area contributed by atoms with Gasteiger partial charge in [0.2, 0.25) is 0 Å². The molecule has 0 aliphatic rings. The Labute approximate surface area is 45.3 Å². The third-order valence-corrected chi connectivity index (χ3v) is 0.374. The highest BCUT2D eigenvalue weighted by atomic mass is 35.5. The molecular weight excluding hydrogens is 118 g/mol. The molecule has 0 spiro atoms. The summed E-state index contributed by atoms with van der Waals surface area (Å²) >= 11 is 4.86. The summed E-state index contributed by atoms with van der Waals surface area (Å²) in [6, 6.07) is 0. The van der Waals surface area contributed by atoms with Crippen LogP contribution in [-0.2, 0) is 0 Å². The summed E-state index contributed by atoms with van der Waals surface area (Å²) < 4.78 is 11.4. The molecule has 0 unspecified atom stereocenters. The van der Waals surface area contributed by atoms with Crippen LogP contribution in [0.1, 0.15) is 0 Å². The number of rotatable bonds is 1. The topological polar surface area (TPSA) is 49.9 Å². The Hall–Kier alpha value is -0.570. The molecule has 40 valence electrons. The first-order chi connectivity index (χ1) is 3.13. The second-order valence-electron chi connectivity index (χ2n) is 0.877. The number of nitrogens with two attached hydrogens (primary N) is 1. The largest absolute Gasteiger partial charge is 0.375 e. The van der Waals surface area contributed by atoms with E-state index in [1.54, 1.807) is 0 Å². The van der Waals surface area contributed by atoms with E-state index in [4.69, 9.17) is 17.0 Å². The van der Waals surface area contributed by atoms with Gasteiger partial charge in [0.1, 0.15) is 5.17 Å². The van der Waals surface area contributed by atoms with E-state index < -0.39 is 11.1 Å². The van der Waals surface area contributed by atoms with E-state index in [1.807, 2.05) is 0 Å². The highest BCUT2D eigenvalue weighted by molar-refractivity contribution is 6.67. The van der Waals surface area contributed by atoms with Crippen LogP contribution in [0.25, 0.3) is 0 Å². The number of halogens is 2. The third-order valence-electron chi connectivity index (χ3n) is 0.265. The quantitative estimate of drug-likeness (QED) is 0.395. The molecule has 0 fully saturated rings. The molecule has 0 atom stereocenters. The number of hydrogen-bond acceptors (Lipinski definition) is 2. The van der Waals surface area contributed by atoms with Crippen LogP contribution in [0.2, 0.25) is 0 Å². The van der Waals surface area contributed by atoms with Crippen LogP contribution in [0.5, 0.6) is 0 Å². The lowest BCUT2D eigenvalue weighted by molar-refractivity contribution is 0.628. The van der Waals surface area contributed by atoms with Crippen molar-refractivity contribution in [1.29, 1.82) is 5.41 Å². The molecule has 0 saturated heterocycles. The standard InChI is InChI=1S/C3H4ClFN2/c4-2(6)1-3(5)7/h1,6H,7H2. The number of nitrogens with one attached hydrogen (secondary N) is 1. The maximum atomic E-state index is 11.4. The van der Waals surface area contributed by atoms with Crippen LogP contribution in [0.4, 0.5) is 4.39 Å². The molecule has 4 heteroatoms. The summed E-state index contributed by atoms with van der Waals surface area (Å²) in [5, 5.41) is 5.99. The molecule has 3 N–H and O–H groups in total. The van der Waals surface area contributed by atoms with Gasteiger partial charge >= 0.3 is 0 Å². The Morgan fingerprint density at radius 3 is 2.29 bits per heavy atom. The first-order valence-corrected chi connectivity index (χ1v) is 1.87. The lowest BCUT2D eigenvalue weighted by Crippen LogP contribution is -1.90. The molecule has 0 radical (unpaired) electrons. The van der Waals surface area contributed by atoms with E-state index in [-0.39, 0.29) is 0 Å². The molecular formula is C3H4ClFN2. The van der Waals surface area contributed by atoms with Gasteiger partial charge < -0.3 is 5.73 Å². The minimum absolute atomic E-state index is 0.403. The molecule has 2 nitrogen and oxygen atoms in total. The fourth-order valence-corrected chi connectivity index (χ4v) is 0.225. The van der Waals surface area contributed by atoms with Crippen LogP contribution >= 0.6 is 11.6 Å². The zero-order valence-electron chi connectivity index (χ0n) is 3.41. The molecule has 0 aromatic rings. The molecule has 0 aliphatic carbocycles. The summed E-state index contributed by atoms with van der Waals surface area (Å²) in [4.78, 5) is 0. The highest BCUT2D eigenvalue weighted by Crippen LogP contribution is 1.87. The van der Waals surface area contributed by atoms with Gasteiger partial charge in [-0.15, -0.1) is 0 Å². The van der Waals surface area contributed by atoms with Crippen LogP contribution in [0, 0.1) is 5.41 Å².